The van der Waals surface area contributed by atoms with Crippen LogP contribution in [0.2, 0.25) is 0 Å². The Balaban J connectivity index is 1.42. The molecule has 0 bridgehead atoms. The minimum Gasteiger partial charge on any atom is -0.379 e. The molecule has 2 aliphatic heterocycles. The molecule has 0 aliphatic carbocycles. The Bertz CT molecular complexity index is 180. The number of hydrogen-bond acceptors (Lipinski definition) is 4. The van der Waals surface area contributed by atoms with Crippen molar-refractivity contribution in [3.05, 3.63) is 0 Å². The fourth-order valence-corrected chi connectivity index (χ4v) is 3.28. The molecule has 1 atom stereocenters. The van der Waals surface area contributed by atoms with E-state index < -0.39 is 0 Å². The molecule has 3 nitrogen and oxygen atoms in total. The molecule has 0 spiro atoms. The zero-order chi connectivity index (χ0) is 11.1. The highest BCUT2D eigenvalue weighted by Gasteiger charge is 2.15. The van der Waals surface area contributed by atoms with Gasteiger partial charge in [0.25, 0.3) is 0 Å². The molecule has 0 saturated carbocycles. The van der Waals surface area contributed by atoms with Crippen LogP contribution < -0.4 is 5.32 Å². The number of nitrogens with one attached hydrogen (secondary N) is 1. The molecule has 2 saturated heterocycles. The standard InChI is InChI=1S/C12H23NO2S/c1(6-15-12-2-7-14-10-12)5-13-11-3-8-16-9-4-11/h11-13H,1-10H2. The summed E-state index contributed by atoms with van der Waals surface area (Å²) in [6.45, 7) is 3.65. The van der Waals surface area contributed by atoms with Gasteiger partial charge in [-0.15, -0.1) is 0 Å². The lowest BCUT2D eigenvalue weighted by Crippen LogP contribution is -2.33. The molecule has 2 aliphatic rings. The van der Waals surface area contributed by atoms with Crippen LogP contribution in [0.4, 0.5) is 0 Å². The second kappa shape index (κ2) is 7.54. The Morgan fingerprint density at radius 3 is 2.88 bits per heavy atom. The number of ether oxygens (including phenoxy) is 2. The maximum absolute atomic E-state index is 5.72. The Morgan fingerprint density at radius 1 is 1.25 bits per heavy atom. The summed E-state index contributed by atoms with van der Waals surface area (Å²) < 4.78 is 11.0. The van der Waals surface area contributed by atoms with Crippen molar-refractivity contribution < 1.29 is 9.47 Å². The van der Waals surface area contributed by atoms with Gasteiger partial charge in [-0.3, -0.25) is 0 Å². The molecular formula is C12H23NO2S. The molecule has 16 heavy (non-hydrogen) atoms. The molecule has 4 heteroatoms. The van der Waals surface area contributed by atoms with Crippen LogP contribution in [0.15, 0.2) is 0 Å². The van der Waals surface area contributed by atoms with Crippen molar-refractivity contribution >= 4 is 11.8 Å². The van der Waals surface area contributed by atoms with E-state index in [-0.39, 0.29) is 0 Å². The van der Waals surface area contributed by atoms with Gasteiger partial charge in [-0.25, -0.2) is 0 Å². The highest BCUT2D eigenvalue weighted by Crippen LogP contribution is 2.16. The monoisotopic (exact) mass is 245 g/mol. The molecule has 0 aromatic carbocycles. The number of hydrogen-bond donors (Lipinski definition) is 1. The zero-order valence-electron chi connectivity index (χ0n) is 9.95. The summed E-state index contributed by atoms with van der Waals surface area (Å²) in [6.07, 6.45) is 5.24. The molecule has 1 N–H and O–H groups in total. The summed E-state index contributed by atoms with van der Waals surface area (Å²) in [7, 11) is 0. The SMILES string of the molecule is C(CNC1CCSCC1)COC1CCOC1. The van der Waals surface area contributed by atoms with Gasteiger partial charge < -0.3 is 14.8 Å². The average Bonchev–Trinajstić information content (AvgIpc) is 2.83. The van der Waals surface area contributed by atoms with Crippen LogP contribution in [0, 0.1) is 0 Å². The molecule has 0 amide bonds. The first-order valence-electron chi connectivity index (χ1n) is 6.45. The molecule has 1 unspecified atom stereocenters. The van der Waals surface area contributed by atoms with Gasteiger partial charge in [0.1, 0.15) is 0 Å². The molecule has 0 radical (unpaired) electrons. The van der Waals surface area contributed by atoms with Gasteiger partial charge in [0.2, 0.25) is 0 Å². The van der Waals surface area contributed by atoms with E-state index in [0.29, 0.717) is 6.10 Å². The fourth-order valence-electron chi connectivity index (χ4n) is 2.17. The Hall–Kier alpha value is 0.230. The van der Waals surface area contributed by atoms with Gasteiger partial charge in [-0.1, -0.05) is 0 Å². The third kappa shape index (κ3) is 4.62. The van der Waals surface area contributed by atoms with Crippen molar-refractivity contribution in [2.75, 3.05) is 37.9 Å². The number of thioether (sulfide) groups is 1. The van der Waals surface area contributed by atoms with Gasteiger partial charge in [-0.2, -0.15) is 11.8 Å². The van der Waals surface area contributed by atoms with Crippen molar-refractivity contribution in [1.82, 2.24) is 5.32 Å². The van der Waals surface area contributed by atoms with Crippen LogP contribution in [0.5, 0.6) is 0 Å². The lowest BCUT2D eigenvalue weighted by atomic mass is 10.1. The van der Waals surface area contributed by atoms with E-state index in [1.54, 1.807) is 0 Å². The normalized spacial score (nSPS) is 27.4. The van der Waals surface area contributed by atoms with E-state index in [1.165, 1.54) is 24.3 Å². The van der Waals surface area contributed by atoms with E-state index in [4.69, 9.17) is 9.47 Å². The minimum absolute atomic E-state index is 0.367. The lowest BCUT2D eigenvalue weighted by Gasteiger charge is -2.22. The maximum Gasteiger partial charge on any atom is 0.0830 e. The summed E-state index contributed by atoms with van der Waals surface area (Å²) in [5, 5.41) is 3.62. The summed E-state index contributed by atoms with van der Waals surface area (Å²) in [4.78, 5) is 0. The summed E-state index contributed by atoms with van der Waals surface area (Å²) in [5.74, 6) is 2.65. The van der Waals surface area contributed by atoms with Gasteiger partial charge in [0, 0.05) is 19.3 Å². The van der Waals surface area contributed by atoms with Gasteiger partial charge >= 0.3 is 0 Å². The van der Waals surface area contributed by atoms with Crippen LogP contribution in [0.1, 0.15) is 25.7 Å². The zero-order valence-corrected chi connectivity index (χ0v) is 10.8. The van der Waals surface area contributed by atoms with E-state index in [0.717, 1.165) is 45.2 Å². The highest BCUT2D eigenvalue weighted by atomic mass is 32.2. The van der Waals surface area contributed by atoms with E-state index in [9.17, 15) is 0 Å². The highest BCUT2D eigenvalue weighted by molar-refractivity contribution is 7.99. The largest absolute Gasteiger partial charge is 0.379 e. The Kier molecular flexibility index (Phi) is 5.97. The quantitative estimate of drug-likeness (QED) is 0.721. The second-order valence-electron chi connectivity index (χ2n) is 4.55. The first kappa shape index (κ1) is 12.7. The van der Waals surface area contributed by atoms with Crippen molar-refractivity contribution in [3.63, 3.8) is 0 Å². The van der Waals surface area contributed by atoms with E-state index in [2.05, 4.69) is 17.1 Å². The summed E-state index contributed by atoms with van der Waals surface area (Å²) in [6, 6.07) is 0.760. The predicted molar refractivity (Wildman–Crippen MR) is 68.1 cm³/mol. The number of rotatable bonds is 6. The first-order valence-corrected chi connectivity index (χ1v) is 7.61. The van der Waals surface area contributed by atoms with Crippen molar-refractivity contribution in [2.45, 2.75) is 37.8 Å². The molecule has 0 aromatic rings. The third-order valence-electron chi connectivity index (χ3n) is 3.22. The van der Waals surface area contributed by atoms with Crippen molar-refractivity contribution in [2.24, 2.45) is 0 Å². The molecule has 2 fully saturated rings. The van der Waals surface area contributed by atoms with Crippen LogP contribution >= 0.6 is 11.8 Å². The molecule has 0 aromatic heterocycles. The molecule has 2 heterocycles. The van der Waals surface area contributed by atoms with Gasteiger partial charge in [-0.05, 0) is 43.7 Å². The first-order chi connectivity index (χ1) is 7.95. The van der Waals surface area contributed by atoms with Crippen molar-refractivity contribution in [3.8, 4) is 0 Å². The smallest absolute Gasteiger partial charge is 0.0830 e. The molecule has 2 rings (SSSR count). The van der Waals surface area contributed by atoms with E-state index >= 15 is 0 Å². The molecular weight excluding hydrogens is 222 g/mol. The average molecular weight is 245 g/mol. The topological polar surface area (TPSA) is 30.5 Å². The minimum atomic E-state index is 0.367. The molecule has 94 valence electrons. The third-order valence-corrected chi connectivity index (χ3v) is 4.27. The van der Waals surface area contributed by atoms with Crippen LogP contribution in [-0.4, -0.2) is 50.0 Å². The maximum atomic E-state index is 5.72. The van der Waals surface area contributed by atoms with Crippen LogP contribution in [-0.2, 0) is 9.47 Å². The summed E-state index contributed by atoms with van der Waals surface area (Å²) >= 11 is 2.08. The Morgan fingerprint density at radius 2 is 2.12 bits per heavy atom. The van der Waals surface area contributed by atoms with Crippen LogP contribution in [0.25, 0.3) is 0 Å². The lowest BCUT2D eigenvalue weighted by molar-refractivity contribution is 0.0413. The van der Waals surface area contributed by atoms with Crippen LogP contribution in [0.3, 0.4) is 0 Å². The van der Waals surface area contributed by atoms with Gasteiger partial charge in [0.05, 0.1) is 12.7 Å². The second-order valence-corrected chi connectivity index (χ2v) is 5.78. The summed E-state index contributed by atoms with van der Waals surface area (Å²) in [5.41, 5.74) is 0. The fraction of sp³-hybridized carbons (Fsp3) is 1.00. The van der Waals surface area contributed by atoms with E-state index in [1.807, 2.05) is 0 Å². The van der Waals surface area contributed by atoms with Crippen molar-refractivity contribution in [1.29, 1.82) is 0 Å². The predicted octanol–water partition coefficient (Wildman–Crippen LogP) is 1.67. The van der Waals surface area contributed by atoms with Gasteiger partial charge in [0.15, 0.2) is 0 Å². The Labute approximate surface area is 103 Å².